The fourth-order valence-corrected chi connectivity index (χ4v) is 3.13. The Balaban J connectivity index is 2.65. The summed E-state index contributed by atoms with van der Waals surface area (Å²) >= 11 is 0. The van der Waals surface area contributed by atoms with E-state index >= 15 is 0 Å². The van der Waals surface area contributed by atoms with Gasteiger partial charge in [0.2, 0.25) is 15.9 Å². The third-order valence-electron chi connectivity index (χ3n) is 3.22. The van der Waals surface area contributed by atoms with Crippen molar-refractivity contribution in [1.82, 2.24) is 4.31 Å². The number of rotatable bonds is 7. The average Bonchev–Trinajstić information content (AvgIpc) is 2.39. The molecule has 1 rings (SSSR count). The van der Waals surface area contributed by atoms with Crippen LogP contribution in [0.25, 0.3) is 0 Å². The van der Waals surface area contributed by atoms with E-state index in [1.807, 2.05) is 6.92 Å². The fourth-order valence-electron chi connectivity index (χ4n) is 1.90. The first-order chi connectivity index (χ1) is 9.75. The number of nitrogens with one attached hydrogen (secondary N) is 1. The molecule has 1 atom stereocenters. The van der Waals surface area contributed by atoms with Crippen molar-refractivity contribution in [3.63, 3.8) is 0 Å². The monoisotopic (exact) mass is 316 g/mol. The molecule has 0 fully saturated rings. The third-order valence-corrected chi connectivity index (χ3v) is 4.61. The first-order valence-corrected chi connectivity index (χ1v) is 8.61. The number of carbonyl (C=O) groups is 1. The van der Waals surface area contributed by atoms with Crippen LogP contribution in [0.5, 0.6) is 0 Å². The zero-order valence-electron chi connectivity index (χ0n) is 12.5. The standard InChI is InChI=1S/C14H21FN2O3S/c1-4-11(2)17(21(3,19)20)10-9-14(18)16-13-8-6-5-7-12(13)15/h5-8,11H,4,9-10H2,1-3H3,(H,16,18). The number of anilines is 1. The molecule has 118 valence electrons. The second-order valence-corrected chi connectivity index (χ2v) is 6.84. The number of hydrogen-bond acceptors (Lipinski definition) is 3. The van der Waals surface area contributed by atoms with Gasteiger partial charge in [-0.2, -0.15) is 4.31 Å². The zero-order chi connectivity index (χ0) is 16.0. The minimum absolute atomic E-state index is 0.0221. The summed E-state index contributed by atoms with van der Waals surface area (Å²) in [5.41, 5.74) is 0.0944. The Morgan fingerprint density at radius 3 is 2.52 bits per heavy atom. The molecule has 1 aromatic carbocycles. The van der Waals surface area contributed by atoms with Gasteiger partial charge >= 0.3 is 0 Å². The van der Waals surface area contributed by atoms with E-state index in [0.717, 1.165) is 6.26 Å². The summed E-state index contributed by atoms with van der Waals surface area (Å²) in [4.78, 5) is 11.8. The molecule has 0 saturated carbocycles. The maximum atomic E-state index is 13.4. The van der Waals surface area contributed by atoms with Crippen molar-refractivity contribution < 1.29 is 17.6 Å². The second-order valence-electron chi connectivity index (χ2n) is 4.91. The highest BCUT2D eigenvalue weighted by Crippen LogP contribution is 2.14. The zero-order valence-corrected chi connectivity index (χ0v) is 13.3. The lowest BCUT2D eigenvalue weighted by Crippen LogP contribution is -2.39. The van der Waals surface area contributed by atoms with Gasteiger partial charge in [0.15, 0.2) is 0 Å². The number of hydrogen-bond donors (Lipinski definition) is 1. The largest absolute Gasteiger partial charge is 0.324 e. The van der Waals surface area contributed by atoms with Gasteiger partial charge in [0.1, 0.15) is 5.82 Å². The molecule has 0 bridgehead atoms. The van der Waals surface area contributed by atoms with E-state index in [1.54, 1.807) is 13.0 Å². The molecule has 0 aliphatic rings. The van der Waals surface area contributed by atoms with Crippen molar-refractivity contribution in [3.8, 4) is 0 Å². The highest BCUT2D eigenvalue weighted by molar-refractivity contribution is 7.88. The maximum absolute atomic E-state index is 13.4. The topological polar surface area (TPSA) is 66.5 Å². The van der Waals surface area contributed by atoms with E-state index < -0.39 is 21.7 Å². The second kappa shape index (κ2) is 7.51. The van der Waals surface area contributed by atoms with Crippen LogP contribution in [0.3, 0.4) is 0 Å². The normalized spacial score (nSPS) is 13.2. The molecule has 0 spiro atoms. The third kappa shape index (κ3) is 5.43. The van der Waals surface area contributed by atoms with Crippen molar-refractivity contribution in [3.05, 3.63) is 30.1 Å². The van der Waals surface area contributed by atoms with Crippen LogP contribution in [-0.2, 0) is 14.8 Å². The molecular weight excluding hydrogens is 295 g/mol. The quantitative estimate of drug-likeness (QED) is 0.839. The molecule has 0 saturated heterocycles. The summed E-state index contributed by atoms with van der Waals surface area (Å²) in [6, 6.07) is 5.66. The van der Waals surface area contributed by atoms with Crippen molar-refractivity contribution in [2.24, 2.45) is 0 Å². The minimum Gasteiger partial charge on any atom is -0.324 e. The van der Waals surface area contributed by atoms with Gasteiger partial charge in [0.25, 0.3) is 0 Å². The van der Waals surface area contributed by atoms with Crippen LogP contribution in [0.4, 0.5) is 10.1 Å². The Morgan fingerprint density at radius 2 is 2.00 bits per heavy atom. The van der Waals surface area contributed by atoms with E-state index in [-0.39, 0.29) is 24.7 Å². The Morgan fingerprint density at radius 1 is 1.38 bits per heavy atom. The molecular formula is C14H21FN2O3S. The van der Waals surface area contributed by atoms with E-state index in [4.69, 9.17) is 0 Å². The molecule has 0 heterocycles. The Kier molecular flexibility index (Phi) is 6.29. The summed E-state index contributed by atoms with van der Waals surface area (Å²) < 4.78 is 38.1. The van der Waals surface area contributed by atoms with Gasteiger partial charge in [-0.25, -0.2) is 12.8 Å². The van der Waals surface area contributed by atoms with Crippen molar-refractivity contribution in [2.75, 3.05) is 18.1 Å². The Hall–Kier alpha value is -1.47. The number of halogens is 1. The first kappa shape index (κ1) is 17.6. The van der Waals surface area contributed by atoms with Crippen molar-refractivity contribution in [2.45, 2.75) is 32.7 Å². The lowest BCUT2D eigenvalue weighted by molar-refractivity contribution is -0.116. The van der Waals surface area contributed by atoms with E-state index in [2.05, 4.69) is 5.32 Å². The van der Waals surface area contributed by atoms with Crippen LogP contribution >= 0.6 is 0 Å². The number of nitrogens with zero attached hydrogens (tertiary/aromatic N) is 1. The number of para-hydroxylation sites is 1. The molecule has 1 aromatic rings. The van der Waals surface area contributed by atoms with Gasteiger partial charge in [0.05, 0.1) is 11.9 Å². The van der Waals surface area contributed by atoms with Gasteiger partial charge < -0.3 is 5.32 Å². The van der Waals surface area contributed by atoms with Crippen LogP contribution in [0.15, 0.2) is 24.3 Å². The molecule has 5 nitrogen and oxygen atoms in total. The summed E-state index contributed by atoms with van der Waals surface area (Å²) in [6.07, 6.45) is 1.75. The van der Waals surface area contributed by atoms with Crippen LogP contribution in [0, 0.1) is 5.82 Å². The molecule has 0 aliphatic heterocycles. The Bertz CT molecular complexity index is 590. The summed E-state index contributed by atoms with van der Waals surface area (Å²) in [5, 5.41) is 2.44. The van der Waals surface area contributed by atoms with Crippen LogP contribution in [0.1, 0.15) is 26.7 Å². The van der Waals surface area contributed by atoms with E-state index in [9.17, 15) is 17.6 Å². The van der Waals surface area contributed by atoms with Crippen LogP contribution < -0.4 is 5.32 Å². The lowest BCUT2D eigenvalue weighted by Gasteiger charge is -2.25. The van der Waals surface area contributed by atoms with Crippen molar-refractivity contribution in [1.29, 1.82) is 0 Å². The molecule has 0 aromatic heterocycles. The number of sulfonamides is 1. The van der Waals surface area contributed by atoms with E-state index in [0.29, 0.717) is 6.42 Å². The molecule has 0 radical (unpaired) electrons. The first-order valence-electron chi connectivity index (χ1n) is 6.77. The fraction of sp³-hybridized carbons (Fsp3) is 0.500. The number of amides is 1. The van der Waals surface area contributed by atoms with Gasteiger partial charge in [0, 0.05) is 19.0 Å². The molecule has 0 aliphatic carbocycles. The highest BCUT2D eigenvalue weighted by Gasteiger charge is 2.22. The summed E-state index contributed by atoms with van der Waals surface area (Å²) in [6.45, 7) is 3.74. The highest BCUT2D eigenvalue weighted by atomic mass is 32.2. The van der Waals surface area contributed by atoms with Gasteiger partial charge in [-0.05, 0) is 25.5 Å². The lowest BCUT2D eigenvalue weighted by atomic mass is 10.2. The van der Waals surface area contributed by atoms with Crippen LogP contribution in [0.2, 0.25) is 0 Å². The summed E-state index contributed by atoms with van der Waals surface area (Å²) in [5.74, 6) is -0.940. The Labute approximate surface area is 125 Å². The van der Waals surface area contributed by atoms with Crippen molar-refractivity contribution >= 4 is 21.6 Å². The SMILES string of the molecule is CCC(C)N(CCC(=O)Nc1ccccc1F)S(C)(=O)=O. The molecule has 21 heavy (non-hydrogen) atoms. The average molecular weight is 316 g/mol. The molecule has 1 unspecified atom stereocenters. The smallest absolute Gasteiger partial charge is 0.225 e. The predicted molar refractivity (Wildman–Crippen MR) is 80.9 cm³/mol. The van der Waals surface area contributed by atoms with Gasteiger partial charge in [-0.15, -0.1) is 0 Å². The van der Waals surface area contributed by atoms with E-state index in [1.165, 1.54) is 22.5 Å². The van der Waals surface area contributed by atoms with Gasteiger partial charge in [-0.1, -0.05) is 19.1 Å². The number of carbonyl (C=O) groups excluding carboxylic acids is 1. The predicted octanol–water partition coefficient (Wildman–Crippen LogP) is 2.21. The minimum atomic E-state index is -3.37. The van der Waals surface area contributed by atoms with Crippen LogP contribution in [-0.4, -0.2) is 37.5 Å². The maximum Gasteiger partial charge on any atom is 0.225 e. The number of benzene rings is 1. The summed E-state index contributed by atoms with van der Waals surface area (Å²) in [7, 11) is -3.37. The molecule has 1 amide bonds. The molecule has 7 heteroatoms. The van der Waals surface area contributed by atoms with Gasteiger partial charge in [-0.3, -0.25) is 4.79 Å². The molecule has 1 N–H and O–H groups in total.